The van der Waals surface area contributed by atoms with Gasteiger partial charge in [-0.2, -0.15) is 0 Å². The molecule has 0 saturated carbocycles. The second kappa shape index (κ2) is 7.45. The molecule has 0 aliphatic carbocycles. The van der Waals surface area contributed by atoms with Gasteiger partial charge in [0.05, 0.1) is 18.3 Å². The number of amides is 1. The number of nitrogens with zero attached hydrogens (tertiary/aromatic N) is 3. The molecule has 2 aliphatic heterocycles. The van der Waals surface area contributed by atoms with Crippen LogP contribution in [0.25, 0.3) is 0 Å². The van der Waals surface area contributed by atoms with E-state index in [-0.39, 0.29) is 5.91 Å². The first-order chi connectivity index (χ1) is 12.7. The van der Waals surface area contributed by atoms with E-state index in [2.05, 4.69) is 20.3 Å². The summed E-state index contributed by atoms with van der Waals surface area (Å²) >= 11 is 0. The maximum atomic E-state index is 12.7. The molecule has 1 atom stereocenters. The molecule has 1 fully saturated rings. The Balaban J connectivity index is 1.53. The summed E-state index contributed by atoms with van der Waals surface area (Å²) in [6, 6.07) is 3.96. The van der Waals surface area contributed by atoms with Crippen molar-refractivity contribution in [2.75, 3.05) is 31.6 Å². The average molecular weight is 355 g/mol. The van der Waals surface area contributed by atoms with Crippen LogP contribution in [0.2, 0.25) is 0 Å². The summed E-state index contributed by atoms with van der Waals surface area (Å²) in [4.78, 5) is 26.9. The highest BCUT2D eigenvalue weighted by Crippen LogP contribution is 2.24. The molecule has 2 aliphatic rings. The first-order valence-corrected chi connectivity index (χ1v) is 9.34. The number of hydrogen-bond acceptors (Lipinski definition) is 5. The second-order valence-corrected chi connectivity index (χ2v) is 6.98. The van der Waals surface area contributed by atoms with E-state index in [0.717, 1.165) is 61.8 Å². The van der Waals surface area contributed by atoms with Crippen LogP contribution in [0.1, 0.15) is 40.4 Å². The van der Waals surface area contributed by atoms with Gasteiger partial charge in [0, 0.05) is 37.9 Å². The van der Waals surface area contributed by atoms with E-state index in [1.54, 1.807) is 6.20 Å². The third-order valence-corrected chi connectivity index (χ3v) is 5.07. The third kappa shape index (κ3) is 3.58. The highest BCUT2D eigenvalue weighted by Gasteiger charge is 2.25. The third-order valence-electron chi connectivity index (χ3n) is 5.07. The first-order valence-electron chi connectivity index (χ1n) is 9.34. The molecule has 1 amide bonds. The molecule has 7 heteroatoms. The number of nitrogens with one attached hydrogen (secondary N) is 2. The number of carbonyl (C=O) groups excluding carboxylic acids is 1. The van der Waals surface area contributed by atoms with Crippen molar-refractivity contribution < 1.29 is 9.53 Å². The molecule has 0 radical (unpaired) electrons. The molecule has 1 unspecified atom stereocenters. The fraction of sp³-hybridized carbons (Fsp3) is 0.526. The number of hydrogen-bond donors (Lipinski definition) is 2. The summed E-state index contributed by atoms with van der Waals surface area (Å²) in [5.74, 6) is 1.73. The van der Waals surface area contributed by atoms with Crippen LogP contribution in [0.5, 0.6) is 0 Å². The predicted octanol–water partition coefficient (Wildman–Crippen LogP) is 1.95. The molecule has 1 saturated heterocycles. The summed E-state index contributed by atoms with van der Waals surface area (Å²) < 4.78 is 5.58. The van der Waals surface area contributed by atoms with Crippen LogP contribution in [0, 0.1) is 6.92 Å². The molecule has 4 rings (SSSR count). The van der Waals surface area contributed by atoms with Crippen molar-refractivity contribution in [1.82, 2.24) is 19.9 Å². The number of carbonyl (C=O) groups is 1. The molecule has 0 spiro atoms. The summed E-state index contributed by atoms with van der Waals surface area (Å²) in [5, 5.41) is 3.56. The Morgan fingerprint density at radius 3 is 3.00 bits per heavy atom. The molecule has 0 bridgehead atoms. The minimum atomic E-state index is 0.0441. The molecule has 138 valence electrons. The van der Waals surface area contributed by atoms with E-state index in [4.69, 9.17) is 4.74 Å². The van der Waals surface area contributed by atoms with Crippen molar-refractivity contribution >= 4 is 11.7 Å². The van der Waals surface area contributed by atoms with Crippen LogP contribution in [0.15, 0.2) is 18.3 Å². The van der Waals surface area contributed by atoms with Crippen LogP contribution in [0.4, 0.5) is 5.82 Å². The number of fused-ring (bicyclic) bond motifs is 1. The molecule has 2 aromatic rings. The first kappa shape index (κ1) is 17.0. The van der Waals surface area contributed by atoms with E-state index >= 15 is 0 Å². The van der Waals surface area contributed by atoms with Gasteiger partial charge in [0.1, 0.15) is 17.3 Å². The van der Waals surface area contributed by atoms with Gasteiger partial charge >= 0.3 is 0 Å². The van der Waals surface area contributed by atoms with Crippen LogP contribution in [0.3, 0.4) is 0 Å². The quantitative estimate of drug-likeness (QED) is 0.879. The average Bonchev–Trinajstić information content (AvgIpc) is 3.10. The van der Waals surface area contributed by atoms with Gasteiger partial charge in [-0.25, -0.2) is 9.97 Å². The van der Waals surface area contributed by atoms with Crippen molar-refractivity contribution in [3.63, 3.8) is 0 Å². The lowest BCUT2D eigenvalue weighted by atomic mass is 10.1. The fourth-order valence-electron chi connectivity index (χ4n) is 3.73. The number of ether oxygens (including phenoxy) is 1. The van der Waals surface area contributed by atoms with Gasteiger partial charge in [0.25, 0.3) is 5.91 Å². The maximum Gasteiger partial charge on any atom is 0.270 e. The summed E-state index contributed by atoms with van der Waals surface area (Å²) in [5.41, 5.74) is 2.83. The zero-order valence-corrected chi connectivity index (χ0v) is 15.1. The smallest absolute Gasteiger partial charge is 0.270 e. The summed E-state index contributed by atoms with van der Waals surface area (Å²) in [6.45, 7) is 4.83. The van der Waals surface area contributed by atoms with Crippen molar-refractivity contribution in [3.05, 3.63) is 41.1 Å². The van der Waals surface area contributed by atoms with E-state index < -0.39 is 0 Å². The van der Waals surface area contributed by atoms with Crippen LogP contribution >= 0.6 is 0 Å². The van der Waals surface area contributed by atoms with E-state index in [9.17, 15) is 4.79 Å². The van der Waals surface area contributed by atoms with E-state index in [0.29, 0.717) is 24.8 Å². The predicted molar refractivity (Wildman–Crippen MR) is 98.3 cm³/mol. The minimum absolute atomic E-state index is 0.0441. The zero-order valence-electron chi connectivity index (χ0n) is 15.1. The van der Waals surface area contributed by atoms with Gasteiger partial charge < -0.3 is 19.9 Å². The Labute approximate surface area is 153 Å². The van der Waals surface area contributed by atoms with Gasteiger partial charge in [-0.05, 0) is 38.3 Å². The molecule has 0 aromatic carbocycles. The Bertz CT molecular complexity index is 768. The standard InChI is InChI=1S/C19H25N5O2/c1-13-21-16-7-10-24(19(25)17-5-2-8-20-17)9-6-15(16)18(22-13)23-14-4-3-11-26-12-14/h2,5,8,14,20H,3-4,6-7,9-12H2,1H3,(H,21,22,23). The van der Waals surface area contributed by atoms with Gasteiger partial charge in [-0.15, -0.1) is 0 Å². The highest BCUT2D eigenvalue weighted by molar-refractivity contribution is 5.92. The van der Waals surface area contributed by atoms with Gasteiger partial charge in [-0.3, -0.25) is 4.79 Å². The largest absolute Gasteiger partial charge is 0.379 e. The minimum Gasteiger partial charge on any atom is -0.379 e. The molecule has 2 N–H and O–H groups in total. The topological polar surface area (TPSA) is 83.1 Å². The lowest BCUT2D eigenvalue weighted by molar-refractivity contribution is 0.0758. The van der Waals surface area contributed by atoms with Crippen LogP contribution in [-0.4, -0.2) is 58.1 Å². The molecule has 7 nitrogen and oxygen atoms in total. The van der Waals surface area contributed by atoms with Crippen LogP contribution in [-0.2, 0) is 17.6 Å². The molecular formula is C19H25N5O2. The molecule has 2 aromatic heterocycles. The Morgan fingerprint density at radius 1 is 1.35 bits per heavy atom. The van der Waals surface area contributed by atoms with Crippen LogP contribution < -0.4 is 5.32 Å². The number of H-pyrrole nitrogens is 1. The number of aryl methyl sites for hydroxylation is 1. The van der Waals surface area contributed by atoms with Crippen molar-refractivity contribution in [1.29, 1.82) is 0 Å². The normalized spacial score (nSPS) is 20.3. The Hall–Kier alpha value is -2.41. The number of aromatic amines is 1. The van der Waals surface area contributed by atoms with Crippen molar-refractivity contribution in [2.24, 2.45) is 0 Å². The number of rotatable bonds is 3. The molecule has 4 heterocycles. The van der Waals surface area contributed by atoms with Crippen molar-refractivity contribution in [2.45, 2.75) is 38.6 Å². The maximum absolute atomic E-state index is 12.7. The highest BCUT2D eigenvalue weighted by atomic mass is 16.5. The van der Waals surface area contributed by atoms with Gasteiger partial charge in [0.15, 0.2) is 0 Å². The summed E-state index contributed by atoms with van der Waals surface area (Å²) in [7, 11) is 0. The SMILES string of the molecule is Cc1nc2c(c(NC3CCCOC3)n1)CCN(C(=O)c1ccc[nH]1)CC2. The van der Waals surface area contributed by atoms with Gasteiger partial charge in [0.2, 0.25) is 0 Å². The van der Waals surface area contributed by atoms with Crippen molar-refractivity contribution in [3.8, 4) is 0 Å². The lowest BCUT2D eigenvalue weighted by Crippen LogP contribution is -2.33. The second-order valence-electron chi connectivity index (χ2n) is 6.98. The summed E-state index contributed by atoms with van der Waals surface area (Å²) in [6.07, 6.45) is 5.46. The van der Waals surface area contributed by atoms with E-state index in [1.165, 1.54) is 0 Å². The Morgan fingerprint density at radius 2 is 2.23 bits per heavy atom. The fourth-order valence-corrected chi connectivity index (χ4v) is 3.73. The number of anilines is 1. The lowest BCUT2D eigenvalue weighted by Gasteiger charge is -2.25. The monoisotopic (exact) mass is 355 g/mol. The van der Waals surface area contributed by atoms with Gasteiger partial charge in [-0.1, -0.05) is 0 Å². The van der Waals surface area contributed by atoms with E-state index in [1.807, 2.05) is 24.0 Å². The number of aromatic nitrogens is 3. The molecular weight excluding hydrogens is 330 g/mol. The zero-order chi connectivity index (χ0) is 17.9. The Kier molecular flexibility index (Phi) is 4.88. The molecule has 26 heavy (non-hydrogen) atoms.